The van der Waals surface area contributed by atoms with Crippen LogP contribution < -0.4 is 9.73 Å². The van der Waals surface area contributed by atoms with Crippen molar-refractivity contribution >= 4 is 38.4 Å². The van der Waals surface area contributed by atoms with E-state index in [4.69, 9.17) is 0 Å². The summed E-state index contributed by atoms with van der Waals surface area (Å²) in [6.45, 7) is 0. The third kappa shape index (κ3) is 3.61. The number of amidine groups is 1. The molecule has 1 aromatic rings. The molecule has 6 nitrogen and oxygen atoms in total. The zero-order valence-electron chi connectivity index (χ0n) is 12.5. The lowest BCUT2D eigenvalue weighted by molar-refractivity contribution is 0.600. The zero-order chi connectivity index (χ0) is 15.7. The highest BCUT2D eigenvalue weighted by Gasteiger charge is 2.22. The molecule has 1 fully saturated rings. The third-order valence-corrected chi connectivity index (χ3v) is 5.63. The summed E-state index contributed by atoms with van der Waals surface area (Å²) in [6, 6.07) is 7.84. The molecule has 1 heterocycles. The molecule has 2 aliphatic rings. The highest BCUT2D eigenvalue weighted by molar-refractivity contribution is 8.14. The molecule has 1 aliphatic heterocycles. The standard InChI is InChI=1S/C14H18N4O2S2/c1-18(22(2,19)20)12-7-3-10(4-8-12)13-9-21-14(17-16-13)15-11-5-6-11/h3-4,7-8,11H,5-6,9H2,1-2H3,(H,15,17). The maximum Gasteiger partial charge on any atom is 0.231 e. The van der Waals surface area contributed by atoms with E-state index < -0.39 is 10.0 Å². The SMILES string of the molecule is CN(c1ccc(C2=NNC(=NC3CC3)SC2)cc1)S(C)(=O)=O. The largest absolute Gasteiger partial charge is 0.274 e. The van der Waals surface area contributed by atoms with Crippen LogP contribution in [0.2, 0.25) is 0 Å². The number of hydrazone groups is 1. The Balaban J connectivity index is 1.72. The summed E-state index contributed by atoms with van der Waals surface area (Å²) in [5.74, 6) is 0.764. The molecule has 1 N–H and O–H groups in total. The molecular formula is C14H18N4O2S2. The predicted octanol–water partition coefficient (Wildman–Crippen LogP) is 1.64. The summed E-state index contributed by atoms with van der Waals surface area (Å²) >= 11 is 1.65. The normalized spacial score (nSPS) is 20.5. The Hall–Kier alpha value is -1.54. The van der Waals surface area contributed by atoms with Crippen LogP contribution in [0.4, 0.5) is 5.69 Å². The van der Waals surface area contributed by atoms with Gasteiger partial charge in [-0.25, -0.2) is 8.42 Å². The summed E-state index contributed by atoms with van der Waals surface area (Å²) in [4.78, 5) is 4.53. The first kappa shape index (κ1) is 15.4. The van der Waals surface area contributed by atoms with Gasteiger partial charge in [-0.3, -0.25) is 14.7 Å². The van der Waals surface area contributed by atoms with Gasteiger partial charge in [-0.1, -0.05) is 23.9 Å². The van der Waals surface area contributed by atoms with Crippen molar-refractivity contribution in [3.8, 4) is 0 Å². The molecule has 22 heavy (non-hydrogen) atoms. The minimum absolute atomic E-state index is 0.484. The first-order valence-electron chi connectivity index (χ1n) is 7.01. The molecule has 1 aliphatic carbocycles. The lowest BCUT2D eigenvalue weighted by Gasteiger charge is -2.18. The zero-order valence-corrected chi connectivity index (χ0v) is 14.1. The fraction of sp³-hybridized carbons (Fsp3) is 0.429. The van der Waals surface area contributed by atoms with Gasteiger partial charge in [-0.2, -0.15) is 5.10 Å². The van der Waals surface area contributed by atoms with E-state index >= 15 is 0 Å². The molecular weight excluding hydrogens is 320 g/mol. The van der Waals surface area contributed by atoms with Crippen LogP contribution in [0.1, 0.15) is 18.4 Å². The summed E-state index contributed by atoms with van der Waals surface area (Å²) < 4.78 is 24.3. The van der Waals surface area contributed by atoms with Crippen LogP contribution in [0.3, 0.4) is 0 Å². The number of hydrogen-bond donors (Lipinski definition) is 1. The van der Waals surface area contributed by atoms with Crippen LogP contribution in [-0.4, -0.2) is 44.4 Å². The van der Waals surface area contributed by atoms with Gasteiger partial charge >= 0.3 is 0 Å². The molecule has 0 amide bonds. The molecule has 0 saturated heterocycles. The number of sulfonamides is 1. The van der Waals surface area contributed by atoms with Crippen LogP contribution in [0, 0.1) is 0 Å². The molecule has 1 aromatic carbocycles. The summed E-state index contributed by atoms with van der Waals surface area (Å²) in [5.41, 5.74) is 5.55. The van der Waals surface area contributed by atoms with Crippen molar-refractivity contribution < 1.29 is 8.42 Å². The minimum atomic E-state index is -3.24. The molecule has 0 aromatic heterocycles. The van der Waals surface area contributed by atoms with E-state index in [9.17, 15) is 8.42 Å². The Labute approximate surface area is 134 Å². The number of nitrogens with zero attached hydrogens (tertiary/aromatic N) is 3. The molecule has 8 heteroatoms. The second-order valence-electron chi connectivity index (χ2n) is 5.40. The van der Waals surface area contributed by atoms with Crippen molar-refractivity contribution in [2.75, 3.05) is 23.4 Å². The van der Waals surface area contributed by atoms with E-state index in [1.807, 2.05) is 12.1 Å². The van der Waals surface area contributed by atoms with E-state index in [1.54, 1.807) is 30.9 Å². The second kappa shape index (κ2) is 5.92. The minimum Gasteiger partial charge on any atom is -0.274 e. The topological polar surface area (TPSA) is 74.1 Å². The van der Waals surface area contributed by atoms with Crippen LogP contribution in [-0.2, 0) is 10.0 Å². The number of aliphatic imine (C=N–C) groups is 1. The van der Waals surface area contributed by atoms with Crippen molar-refractivity contribution in [1.82, 2.24) is 5.43 Å². The van der Waals surface area contributed by atoms with Gasteiger partial charge in [0, 0.05) is 12.8 Å². The highest BCUT2D eigenvalue weighted by Crippen LogP contribution is 2.26. The molecule has 0 atom stereocenters. The first-order chi connectivity index (χ1) is 10.4. The Morgan fingerprint density at radius 3 is 2.50 bits per heavy atom. The van der Waals surface area contributed by atoms with Gasteiger partial charge in [0.15, 0.2) is 5.17 Å². The summed E-state index contributed by atoms with van der Waals surface area (Å²) in [5, 5.41) is 5.26. The molecule has 1 saturated carbocycles. The maximum absolute atomic E-state index is 11.5. The van der Waals surface area contributed by atoms with Gasteiger partial charge < -0.3 is 0 Å². The highest BCUT2D eigenvalue weighted by atomic mass is 32.2. The van der Waals surface area contributed by atoms with Crippen molar-refractivity contribution in [2.45, 2.75) is 18.9 Å². The van der Waals surface area contributed by atoms with Crippen molar-refractivity contribution in [1.29, 1.82) is 0 Å². The molecule has 0 spiro atoms. The number of thioether (sulfide) groups is 1. The lowest BCUT2D eigenvalue weighted by Crippen LogP contribution is -2.26. The van der Waals surface area contributed by atoms with E-state index in [0.717, 1.165) is 22.2 Å². The Morgan fingerprint density at radius 2 is 2.00 bits per heavy atom. The number of hydrogen-bond acceptors (Lipinski definition) is 5. The average molecular weight is 338 g/mol. The smallest absolute Gasteiger partial charge is 0.231 e. The molecule has 0 bridgehead atoms. The Kier molecular flexibility index (Phi) is 4.14. The van der Waals surface area contributed by atoms with Crippen LogP contribution in [0.25, 0.3) is 0 Å². The summed E-state index contributed by atoms with van der Waals surface area (Å²) in [6.07, 6.45) is 3.54. The molecule has 118 valence electrons. The van der Waals surface area contributed by atoms with E-state index in [-0.39, 0.29) is 0 Å². The van der Waals surface area contributed by atoms with E-state index in [1.165, 1.54) is 23.4 Å². The van der Waals surface area contributed by atoms with Gasteiger partial charge in [0.1, 0.15) is 0 Å². The van der Waals surface area contributed by atoms with Crippen molar-refractivity contribution in [2.24, 2.45) is 10.1 Å². The van der Waals surface area contributed by atoms with Crippen molar-refractivity contribution in [3.63, 3.8) is 0 Å². The second-order valence-corrected chi connectivity index (χ2v) is 8.38. The van der Waals surface area contributed by atoms with Gasteiger partial charge in [-0.05, 0) is 30.5 Å². The van der Waals surface area contributed by atoms with Crippen LogP contribution in [0.5, 0.6) is 0 Å². The van der Waals surface area contributed by atoms with Gasteiger partial charge in [-0.15, -0.1) is 0 Å². The maximum atomic E-state index is 11.5. The van der Waals surface area contributed by atoms with Gasteiger partial charge in [0.2, 0.25) is 10.0 Å². The van der Waals surface area contributed by atoms with E-state index in [2.05, 4.69) is 15.5 Å². The van der Waals surface area contributed by atoms with Crippen LogP contribution >= 0.6 is 11.8 Å². The number of anilines is 1. The fourth-order valence-corrected chi connectivity index (χ4v) is 3.30. The average Bonchev–Trinajstić information content (AvgIpc) is 3.31. The van der Waals surface area contributed by atoms with E-state index in [0.29, 0.717) is 11.7 Å². The molecule has 0 radical (unpaired) electrons. The lowest BCUT2D eigenvalue weighted by atomic mass is 10.1. The third-order valence-electron chi connectivity index (χ3n) is 3.54. The van der Waals surface area contributed by atoms with Gasteiger partial charge in [0.05, 0.1) is 23.7 Å². The van der Waals surface area contributed by atoms with Crippen LogP contribution in [0.15, 0.2) is 34.4 Å². The molecule has 0 unspecified atom stereocenters. The van der Waals surface area contributed by atoms with Crippen molar-refractivity contribution in [3.05, 3.63) is 29.8 Å². The monoisotopic (exact) mass is 338 g/mol. The number of nitrogens with one attached hydrogen (secondary N) is 1. The summed E-state index contributed by atoms with van der Waals surface area (Å²) in [7, 11) is -1.69. The van der Waals surface area contributed by atoms with Gasteiger partial charge in [0.25, 0.3) is 0 Å². The number of benzene rings is 1. The predicted molar refractivity (Wildman–Crippen MR) is 92.3 cm³/mol. The number of rotatable bonds is 4. The first-order valence-corrected chi connectivity index (χ1v) is 9.84. The molecule has 3 rings (SSSR count). The fourth-order valence-electron chi connectivity index (χ4n) is 1.96. The Bertz CT molecular complexity index is 722. The Morgan fingerprint density at radius 1 is 1.32 bits per heavy atom. The quantitative estimate of drug-likeness (QED) is 0.906.